The summed E-state index contributed by atoms with van der Waals surface area (Å²) in [4.78, 5) is 37.1. The topological polar surface area (TPSA) is 105 Å². The SMILES string of the molecule is CCC(CNC(=O)OCC1c2ccccc2-c2ccccc21)C(=O)NC(C(C)C)C(C)(C)C(=O)O. The molecule has 35 heavy (non-hydrogen) atoms. The van der Waals surface area contributed by atoms with E-state index < -0.39 is 29.4 Å². The molecule has 1 aliphatic carbocycles. The lowest BCUT2D eigenvalue weighted by atomic mass is 9.78. The molecule has 2 aromatic carbocycles. The molecule has 0 fully saturated rings. The molecule has 0 aromatic heterocycles. The van der Waals surface area contributed by atoms with Crippen LogP contribution in [0.25, 0.3) is 11.1 Å². The highest BCUT2D eigenvalue weighted by Gasteiger charge is 2.40. The Kier molecular flexibility index (Phi) is 8.20. The van der Waals surface area contributed by atoms with Crippen LogP contribution in [-0.4, -0.2) is 42.3 Å². The van der Waals surface area contributed by atoms with E-state index in [1.807, 2.05) is 45.0 Å². The lowest BCUT2D eigenvalue weighted by molar-refractivity contribution is -0.150. The second kappa shape index (κ2) is 10.9. The first-order chi connectivity index (χ1) is 16.6. The van der Waals surface area contributed by atoms with Crippen molar-refractivity contribution in [3.05, 3.63) is 59.7 Å². The minimum atomic E-state index is -1.12. The van der Waals surface area contributed by atoms with Crippen molar-refractivity contribution in [1.82, 2.24) is 10.6 Å². The van der Waals surface area contributed by atoms with Crippen LogP contribution >= 0.6 is 0 Å². The van der Waals surface area contributed by atoms with E-state index in [1.165, 1.54) is 0 Å². The van der Waals surface area contributed by atoms with Crippen LogP contribution in [0.5, 0.6) is 0 Å². The number of nitrogens with one attached hydrogen (secondary N) is 2. The maximum Gasteiger partial charge on any atom is 0.407 e. The molecular weight excluding hydrogens is 444 g/mol. The molecule has 3 N–H and O–H groups in total. The maximum absolute atomic E-state index is 12.9. The summed E-state index contributed by atoms with van der Waals surface area (Å²) in [6.45, 7) is 9.14. The maximum atomic E-state index is 12.9. The number of hydrogen-bond acceptors (Lipinski definition) is 4. The predicted octanol–water partition coefficient (Wildman–Crippen LogP) is 4.80. The molecule has 2 aromatic rings. The number of benzene rings is 2. The van der Waals surface area contributed by atoms with Gasteiger partial charge in [-0.05, 0) is 48.4 Å². The first kappa shape index (κ1) is 26.3. The van der Waals surface area contributed by atoms with Gasteiger partial charge in [-0.2, -0.15) is 0 Å². The molecule has 0 radical (unpaired) electrons. The molecule has 2 atom stereocenters. The summed E-state index contributed by atoms with van der Waals surface area (Å²) in [5, 5.41) is 15.2. The molecule has 0 spiro atoms. The molecule has 0 saturated heterocycles. The zero-order chi connectivity index (χ0) is 25.8. The van der Waals surface area contributed by atoms with Crippen molar-refractivity contribution in [3.63, 3.8) is 0 Å². The lowest BCUT2D eigenvalue weighted by Gasteiger charge is -2.35. The second-order valence-electron chi connectivity index (χ2n) is 10.1. The fourth-order valence-electron chi connectivity index (χ4n) is 4.86. The number of hydrogen-bond donors (Lipinski definition) is 3. The Bertz CT molecular complexity index is 1030. The Balaban J connectivity index is 1.58. The number of aliphatic carboxylic acids is 1. The zero-order valence-corrected chi connectivity index (χ0v) is 21.1. The largest absolute Gasteiger partial charge is 0.481 e. The molecular formula is C28H36N2O5. The van der Waals surface area contributed by atoms with Crippen LogP contribution in [0.15, 0.2) is 48.5 Å². The molecule has 0 aliphatic heterocycles. The molecule has 7 nitrogen and oxygen atoms in total. The molecule has 2 unspecified atom stereocenters. The second-order valence-corrected chi connectivity index (χ2v) is 10.1. The Morgan fingerprint density at radius 2 is 1.54 bits per heavy atom. The number of rotatable bonds is 10. The van der Waals surface area contributed by atoms with Gasteiger partial charge in [0.2, 0.25) is 5.91 Å². The van der Waals surface area contributed by atoms with Crippen LogP contribution in [0.4, 0.5) is 4.79 Å². The summed E-state index contributed by atoms with van der Waals surface area (Å²) >= 11 is 0. The average Bonchev–Trinajstić information content (AvgIpc) is 3.14. The van der Waals surface area contributed by atoms with E-state index in [2.05, 4.69) is 34.9 Å². The van der Waals surface area contributed by atoms with Gasteiger partial charge in [0.1, 0.15) is 6.61 Å². The van der Waals surface area contributed by atoms with Gasteiger partial charge in [-0.3, -0.25) is 9.59 Å². The van der Waals surface area contributed by atoms with E-state index in [9.17, 15) is 19.5 Å². The minimum Gasteiger partial charge on any atom is -0.481 e. The molecule has 2 amide bonds. The highest BCUT2D eigenvalue weighted by molar-refractivity contribution is 5.82. The fraction of sp³-hybridized carbons (Fsp3) is 0.464. The highest BCUT2D eigenvalue weighted by atomic mass is 16.5. The van der Waals surface area contributed by atoms with Crippen molar-refractivity contribution in [3.8, 4) is 11.1 Å². The molecule has 0 saturated carbocycles. The fourth-order valence-corrected chi connectivity index (χ4v) is 4.86. The number of amides is 2. The first-order valence-electron chi connectivity index (χ1n) is 12.2. The van der Waals surface area contributed by atoms with Crippen LogP contribution < -0.4 is 10.6 Å². The number of carbonyl (C=O) groups excluding carboxylic acids is 2. The van der Waals surface area contributed by atoms with E-state index in [0.717, 1.165) is 22.3 Å². The number of carboxylic acids is 1. The van der Waals surface area contributed by atoms with E-state index in [0.29, 0.717) is 6.42 Å². The Morgan fingerprint density at radius 3 is 2.03 bits per heavy atom. The van der Waals surface area contributed by atoms with Crippen molar-refractivity contribution in [2.24, 2.45) is 17.3 Å². The third-order valence-corrected chi connectivity index (χ3v) is 6.99. The van der Waals surface area contributed by atoms with Crippen molar-refractivity contribution >= 4 is 18.0 Å². The summed E-state index contributed by atoms with van der Waals surface area (Å²) in [5.41, 5.74) is 3.45. The molecule has 3 rings (SSSR count). The predicted molar refractivity (Wildman–Crippen MR) is 135 cm³/mol. The first-order valence-corrected chi connectivity index (χ1v) is 12.2. The van der Waals surface area contributed by atoms with Gasteiger partial charge >= 0.3 is 12.1 Å². The summed E-state index contributed by atoms with van der Waals surface area (Å²) in [7, 11) is 0. The molecule has 7 heteroatoms. The van der Waals surface area contributed by atoms with Crippen molar-refractivity contribution < 1.29 is 24.2 Å². The van der Waals surface area contributed by atoms with E-state index in [4.69, 9.17) is 4.74 Å². The van der Waals surface area contributed by atoms with Gasteiger partial charge in [-0.1, -0.05) is 69.3 Å². The Hall–Kier alpha value is -3.35. The Morgan fingerprint density at radius 1 is 1.00 bits per heavy atom. The Labute approximate surface area is 207 Å². The summed E-state index contributed by atoms with van der Waals surface area (Å²) < 4.78 is 5.56. The van der Waals surface area contributed by atoms with E-state index in [-0.39, 0.29) is 30.9 Å². The smallest absolute Gasteiger partial charge is 0.407 e. The van der Waals surface area contributed by atoms with Gasteiger partial charge in [-0.15, -0.1) is 0 Å². The van der Waals surface area contributed by atoms with Gasteiger partial charge in [0, 0.05) is 18.5 Å². The highest BCUT2D eigenvalue weighted by Crippen LogP contribution is 2.44. The van der Waals surface area contributed by atoms with Gasteiger partial charge in [0.05, 0.1) is 11.3 Å². The standard InChI is InChI=1S/C28H36N2O5/c1-6-18(25(31)30-24(17(2)3)28(4,5)26(32)33)15-29-27(34)35-16-23-21-13-9-7-11-19(21)20-12-8-10-14-22(20)23/h7-14,17-18,23-24H,6,15-16H2,1-5H3,(H,29,34)(H,30,31)(H,32,33). The van der Waals surface area contributed by atoms with Crippen molar-refractivity contribution in [2.45, 2.75) is 53.0 Å². The number of carboxylic acid groups (broad SMARTS) is 1. The molecule has 0 bridgehead atoms. The lowest BCUT2D eigenvalue weighted by Crippen LogP contribution is -2.54. The normalized spacial score (nSPS) is 14.6. The van der Waals surface area contributed by atoms with Crippen LogP contribution in [0, 0.1) is 17.3 Å². The van der Waals surface area contributed by atoms with Crippen LogP contribution in [0.3, 0.4) is 0 Å². The van der Waals surface area contributed by atoms with Crippen LogP contribution in [0.1, 0.15) is 58.1 Å². The summed E-state index contributed by atoms with van der Waals surface area (Å²) in [6, 6.07) is 15.7. The molecule has 1 aliphatic rings. The van der Waals surface area contributed by atoms with E-state index >= 15 is 0 Å². The molecule has 0 heterocycles. The number of alkyl carbamates (subject to hydrolysis) is 1. The number of carbonyl (C=O) groups is 3. The van der Waals surface area contributed by atoms with Crippen molar-refractivity contribution in [2.75, 3.05) is 13.2 Å². The van der Waals surface area contributed by atoms with Crippen LogP contribution in [0.2, 0.25) is 0 Å². The summed E-state index contributed by atoms with van der Waals surface area (Å²) in [6.07, 6.45) is -0.0854. The van der Waals surface area contributed by atoms with E-state index in [1.54, 1.807) is 13.8 Å². The third kappa shape index (κ3) is 5.66. The zero-order valence-electron chi connectivity index (χ0n) is 21.1. The number of ether oxygens (including phenoxy) is 1. The van der Waals surface area contributed by atoms with Crippen molar-refractivity contribution in [1.29, 1.82) is 0 Å². The van der Waals surface area contributed by atoms with Gasteiger partial charge in [0.25, 0.3) is 0 Å². The minimum absolute atomic E-state index is 0.0385. The quantitative estimate of drug-likeness (QED) is 0.453. The van der Waals surface area contributed by atoms with Crippen LogP contribution in [-0.2, 0) is 14.3 Å². The van der Waals surface area contributed by atoms with Gasteiger partial charge < -0.3 is 20.5 Å². The third-order valence-electron chi connectivity index (χ3n) is 6.99. The number of fused-ring (bicyclic) bond motifs is 3. The van der Waals surface area contributed by atoms with Gasteiger partial charge in [0.15, 0.2) is 0 Å². The molecule has 188 valence electrons. The summed E-state index contributed by atoms with van der Waals surface area (Å²) in [5.74, 6) is -1.86. The monoisotopic (exact) mass is 480 g/mol. The average molecular weight is 481 g/mol. The van der Waals surface area contributed by atoms with Gasteiger partial charge in [-0.25, -0.2) is 4.79 Å².